The highest BCUT2D eigenvalue weighted by Crippen LogP contribution is 2.29. The van der Waals surface area contributed by atoms with Crippen molar-refractivity contribution >= 4 is 6.09 Å². The van der Waals surface area contributed by atoms with Crippen LogP contribution in [0.15, 0.2) is 42.5 Å². The minimum atomic E-state index is -0.462. The van der Waals surface area contributed by atoms with Gasteiger partial charge in [0.25, 0.3) is 0 Å². The predicted octanol–water partition coefficient (Wildman–Crippen LogP) is 2.65. The van der Waals surface area contributed by atoms with Crippen LogP contribution < -0.4 is 5.73 Å². The number of benzene rings is 1. The summed E-state index contributed by atoms with van der Waals surface area (Å²) in [5, 5.41) is 0. The van der Waals surface area contributed by atoms with Gasteiger partial charge in [-0.3, -0.25) is 4.90 Å². The summed E-state index contributed by atoms with van der Waals surface area (Å²) >= 11 is 0. The summed E-state index contributed by atoms with van der Waals surface area (Å²) in [6, 6.07) is 9.82. The molecule has 1 atom stereocenters. The summed E-state index contributed by atoms with van der Waals surface area (Å²) in [6.07, 6.45) is 1.15. The van der Waals surface area contributed by atoms with Gasteiger partial charge in [0.05, 0.1) is 0 Å². The zero-order valence-corrected chi connectivity index (χ0v) is 11.2. The molecule has 0 aromatic heterocycles. The van der Waals surface area contributed by atoms with E-state index in [1.165, 1.54) is 0 Å². The Hall–Kier alpha value is -1.81. The highest BCUT2D eigenvalue weighted by atomic mass is 16.6. The van der Waals surface area contributed by atoms with Crippen LogP contribution in [0, 0.1) is 0 Å². The fraction of sp³-hybridized carbons (Fsp3) is 0.400. The summed E-state index contributed by atoms with van der Waals surface area (Å²) in [5.41, 5.74) is 7.73. The fourth-order valence-electron chi connectivity index (χ4n) is 1.87. The Morgan fingerprint density at radius 2 is 2.11 bits per heavy atom. The van der Waals surface area contributed by atoms with Crippen LogP contribution in [-0.2, 0) is 11.3 Å². The number of nitrogens with zero attached hydrogens (tertiary/aromatic N) is 1. The highest BCUT2D eigenvalue weighted by molar-refractivity contribution is 5.69. The lowest BCUT2D eigenvalue weighted by molar-refractivity contribution is 0.0835. The van der Waals surface area contributed by atoms with Crippen molar-refractivity contribution in [1.82, 2.24) is 4.90 Å². The second kappa shape index (κ2) is 5.89. The molecule has 1 fully saturated rings. The lowest BCUT2D eigenvalue weighted by Gasteiger charge is -2.28. The normalized spacial score (nSPS) is 15.7. The SMILES string of the molecule is C=C(C)[C@H](N)N(C(=O)OCc1ccccc1)C1CC1. The molecule has 1 aliphatic rings. The lowest BCUT2D eigenvalue weighted by Crippen LogP contribution is -2.48. The fourth-order valence-corrected chi connectivity index (χ4v) is 1.87. The number of amides is 1. The standard InChI is InChI=1S/C15H20N2O2/c1-11(2)14(16)17(13-8-9-13)15(18)19-10-12-6-4-3-5-7-12/h3-7,13-14H,1,8-10,16H2,2H3/t14-/m1/s1. The van der Waals surface area contributed by atoms with Gasteiger partial charge in [-0.1, -0.05) is 36.9 Å². The Morgan fingerprint density at radius 1 is 1.47 bits per heavy atom. The van der Waals surface area contributed by atoms with Crippen molar-refractivity contribution in [3.05, 3.63) is 48.0 Å². The van der Waals surface area contributed by atoms with Gasteiger partial charge in [0.1, 0.15) is 12.8 Å². The summed E-state index contributed by atoms with van der Waals surface area (Å²) in [5.74, 6) is 0. The van der Waals surface area contributed by atoms with Gasteiger partial charge in [-0.15, -0.1) is 0 Å². The van der Waals surface area contributed by atoms with Gasteiger partial charge in [0.15, 0.2) is 0 Å². The van der Waals surface area contributed by atoms with E-state index in [0.29, 0.717) is 0 Å². The van der Waals surface area contributed by atoms with Gasteiger partial charge in [0, 0.05) is 6.04 Å². The molecular formula is C15H20N2O2. The first-order valence-corrected chi connectivity index (χ1v) is 6.49. The molecule has 4 heteroatoms. The molecule has 0 aliphatic heterocycles. The van der Waals surface area contributed by atoms with E-state index >= 15 is 0 Å². The average molecular weight is 260 g/mol. The van der Waals surface area contributed by atoms with Crippen LogP contribution in [0.5, 0.6) is 0 Å². The average Bonchev–Trinajstić information content (AvgIpc) is 3.22. The van der Waals surface area contributed by atoms with E-state index in [2.05, 4.69) is 6.58 Å². The molecule has 1 saturated carbocycles. The van der Waals surface area contributed by atoms with E-state index in [1.54, 1.807) is 4.90 Å². The molecular weight excluding hydrogens is 240 g/mol. The van der Waals surface area contributed by atoms with Crippen molar-refractivity contribution in [2.45, 2.75) is 38.6 Å². The van der Waals surface area contributed by atoms with Crippen LogP contribution in [0.2, 0.25) is 0 Å². The third-order valence-electron chi connectivity index (χ3n) is 3.16. The molecule has 0 saturated heterocycles. The zero-order valence-electron chi connectivity index (χ0n) is 11.2. The molecule has 0 bridgehead atoms. The van der Waals surface area contributed by atoms with Gasteiger partial charge in [-0.2, -0.15) is 0 Å². The Labute approximate surface area is 113 Å². The molecule has 1 amide bonds. The molecule has 4 nitrogen and oxygen atoms in total. The molecule has 19 heavy (non-hydrogen) atoms. The van der Waals surface area contributed by atoms with E-state index in [1.807, 2.05) is 37.3 Å². The second-order valence-corrected chi connectivity index (χ2v) is 4.97. The molecule has 1 aromatic carbocycles. The van der Waals surface area contributed by atoms with Crippen LogP contribution in [0.25, 0.3) is 0 Å². The third kappa shape index (κ3) is 3.58. The predicted molar refractivity (Wildman–Crippen MR) is 74.3 cm³/mol. The summed E-state index contributed by atoms with van der Waals surface area (Å²) in [6.45, 7) is 5.91. The monoisotopic (exact) mass is 260 g/mol. The zero-order chi connectivity index (χ0) is 13.8. The van der Waals surface area contributed by atoms with E-state index in [-0.39, 0.29) is 18.7 Å². The van der Waals surface area contributed by atoms with Crippen LogP contribution in [-0.4, -0.2) is 23.2 Å². The first-order valence-electron chi connectivity index (χ1n) is 6.49. The van der Waals surface area contributed by atoms with Crippen molar-refractivity contribution in [2.75, 3.05) is 0 Å². The maximum Gasteiger partial charge on any atom is 0.411 e. The Bertz CT molecular complexity index is 454. The van der Waals surface area contributed by atoms with Gasteiger partial charge in [0.2, 0.25) is 0 Å². The number of ether oxygens (including phenoxy) is 1. The molecule has 2 N–H and O–H groups in total. The number of hydrogen-bond acceptors (Lipinski definition) is 3. The number of carbonyl (C=O) groups is 1. The lowest BCUT2D eigenvalue weighted by atomic mass is 10.2. The summed E-state index contributed by atoms with van der Waals surface area (Å²) in [7, 11) is 0. The van der Waals surface area contributed by atoms with Crippen molar-refractivity contribution in [3.63, 3.8) is 0 Å². The molecule has 102 valence electrons. The van der Waals surface area contributed by atoms with Crippen molar-refractivity contribution in [3.8, 4) is 0 Å². The molecule has 0 heterocycles. The minimum Gasteiger partial charge on any atom is -0.444 e. The van der Waals surface area contributed by atoms with Gasteiger partial charge in [-0.25, -0.2) is 4.79 Å². The van der Waals surface area contributed by atoms with Gasteiger partial charge >= 0.3 is 6.09 Å². The van der Waals surface area contributed by atoms with E-state index in [0.717, 1.165) is 24.0 Å². The highest BCUT2D eigenvalue weighted by Gasteiger charge is 2.37. The third-order valence-corrected chi connectivity index (χ3v) is 3.16. The molecule has 1 aromatic rings. The molecule has 0 unspecified atom stereocenters. The summed E-state index contributed by atoms with van der Waals surface area (Å²) < 4.78 is 5.33. The molecule has 0 spiro atoms. The largest absolute Gasteiger partial charge is 0.444 e. The number of nitrogens with two attached hydrogens (primary N) is 1. The van der Waals surface area contributed by atoms with Gasteiger partial charge in [-0.05, 0) is 30.9 Å². The number of rotatable bonds is 5. The van der Waals surface area contributed by atoms with Crippen LogP contribution in [0.4, 0.5) is 4.79 Å². The quantitative estimate of drug-likeness (QED) is 0.654. The Kier molecular flexibility index (Phi) is 4.22. The van der Waals surface area contributed by atoms with Gasteiger partial charge < -0.3 is 10.5 Å². The molecule has 0 radical (unpaired) electrons. The Balaban J connectivity index is 1.95. The van der Waals surface area contributed by atoms with Crippen molar-refractivity contribution in [1.29, 1.82) is 0 Å². The number of hydrogen-bond donors (Lipinski definition) is 1. The maximum absolute atomic E-state index is 12.1. The second-order valence-electron chi connectivity index (χ2n) is 4.97. The van der Waals surface area contributed by atoms with E-state index in [9.17, 15) is 4.79 Å². The first-order chi connectivity index (χ1) is 9.09. The summed E-state index contributed by atoms with van der Waals surface area (Å²) in [4.78, 5) is 13.7. The molecule has 2 rings (SSSR count). The van der Waals surface area contributed by atoms with Crippen LogP contribution in [0.3, 0.4) is 0 Å². The van der Waals surface area contributed by atoms with Crippen molar-refractivity contribution in [2.24, 2.45) is 5.73 Å². The number of carbonyl (C=O) groups excluding carboxylic acids is 1. The maximum atomic E-state index is 12.1. The topological polar surface area (TPSA) is 55.6 Å². The van der Waals surface area contributed by atoms with Crippen LogP contribution >= 0.6 is 0 Å². The van der Waals surface area contributed by atoms with Crippen LogP contribution in [0.1, 0.15) is 25.3 Å². The van der Waals surface area contributed by atoms with Crippen molar-refractivity contribution < 1.29 is 9.53 Å². The smallest absolute Gasteiger partial charge is 0.411 e. The Morgan fingerprint density at radius 3 is 2.63 bits per heavy atom. The molecule has 1 aliphatic carbocycles. The first kappa shape index (κ1) is 13.6. The van der Waals surface area contributed by atoms with E-state index in [4.69, 9.17) is 10.5 Å². The van der Waals surface area contributed by atoms with E-state index < -0.39 is 6.17 Å². The minimum absolute atomic E-state index is 0.204.